The molecule has 0 saturated carbocycles. The van der Waals surface area contributed by atoms with Gasteiger partial charge in [0.25, 0.3) is 0 Å². The molecule has 0 fully saturated rings. The second-order valence-electron chi connectivity index (χ2n) is 4.42. The van der Waals surface area contributed by atoms with Gasteiger partial charge in [-0.2, -0.15) is 0 Å². The second kappa shape index (κ2) is 5.13. The van der Waals surface area contributed by atoms with Crippen LogP contribution in [0.25, 0.3) is 11.3 Å². The molecule has 2 nitrogen and oxygen atoms in total. The number of H-pyrrole nitrogens is 1. The van der Waals surface area contributed by atoms with Gasteiger partial charge < -0.3 is 4.98 Å². The minimum atomic E-state index is -1.22. The Hall–Kier alpha value is -1.69. The molecule has 0 unspecified atom stereocenters. The molecule has 0 atom stereocenters. The molecule has 0 saturated heterocycles. The first-order valence-corrected chi connectivity index (χ1v) is 6.05. The molecule has 0 radical (unpaired) electrons. The van der Waals surface area contributed by atoms with E-state index < -0.39 is 17.5 Å². The predicted molar refractivity (Wildman–Crippen MR) is 68.8 cm³/mol. The number of halogens is 3. The van der Waals surface area contributed by atoms with Gasteiger partial charge in [0.05, 0.1) is 5.69 Å². The van der Waals surface area contributed by atoms with Crippen molar-refractivity contribution >= 4 is 12.2 Å². The van der Waals surface area contributed by atoms with E-state index in [2.05, 4.69) is 9.97 Å². The Morgan fingerprint density at radius 3 is 2.32 bits per heavy atom. The van der Waals surface area contributed by atoms with Gasteiger partial charge in [0.2, 0.25) is 0 Å². The van der Waals surface area contributed by atoms with Gasteiger partial charge in [-0.25, -0.2) is 18.2 Å². The lowest BCUT2D eigenvalue weighted by Gasteiger charge is -2.09. The van der Waals surface area contributed by atoms with Crippen molar-refractivity contribution in [1.82, 2.24) is 9.97 Å². The summed E-state index contributed by atoms with van der Waals surface area (Å²) in [6.45, 7) is 3.78. The second-order valence-corrected chi connectivity index (χ2v) is 4.84. The van der Waals surface area contributed by atoms with E-state index in [1.807, 2.05) is 13.8 Å². The number of benzene rings is 1. The Morgan fingerprint density at radius 1 is 1.05 bits per heavy atom. The van der Waals surface area contributed by atoms with E-state index in [4.69, 9.17) is 12.2 Å². The Balaban J connectivity index is 2.65. The van der Waals surface area contributed by atoms with Crippen LogP contribution in [0.5, 0.6) is 0 Å². The van der Waals surface area contributed by atoms with Gasteiger partial charge in [-0.1, -0.05) is 26.1 Å². The van der Waals surface area contributed by atoms with Gasteiger partial charge in [0.1, 0.15) is 16.3 Å². The zero-order chi connectivity index (χ0) is 14.2. The third kappa shape index (κ3) is 2.84. The van der Waals surface area contributed by atoms with Crippen molar-refractivity contribution in [3.8, 4) is 11.3 Å². The lowest BCUT2D eigenvalue weighted by molar-refractivity contribution is 0.496. The van der Waals surface area contributed by atoms with Gasteiger partial charge in [-0.3, -0.25) is 0 Å². The fourth-order valence-electron chi connectivity index (χ4n) is 1.62. The standard InChI is InChI=1S/C13H11F3N2S/c1-6(2)13-17-11(5-12(19)18-13)7-3-9(15)10(16)4-8(7)14/h3-6H,1-2H3,(H,17,18,19). The molecule has 2 aromatic rings. The molecule has 0 aliphatic heterocycles. The van der Waals surface area contributed by atoms with E-state index in [-0.39, 0.29) is 21.8 Å². The fourth-order valence-corrected chi connectivity index (χ4v) is 1.84. The van der Waals surface area contributed by atoms with Crippen molar-refractivity contribution < 1.29 is 13.2 Å². The van der Waals surface area contributed by atoms with Crippen LogP contribution in [0.2, 0.25) is 0 Å². The normalized spacial score (nSPS) is 11.1. The molecule has 0 aliphatic carbocycles. The Bertz CT molecular complexity index is 680. The topological polar surface area (TPSA) is 28.7 Å². The lowest BCUT2D eigenvalue weighted by Crippen LogP contribution is -2.01. The van der Waals surface area contributed by atoms with Crippen LogP contribution in [0.4, 0.5) is 13.2 Å². The van der Waals surface area contributed by atoms with Crippen molar-refractivity contribution in [3.63, 3.8) is 0 Å². The largest absolute Gasteiger partial charge is 0.343 e. The summed E-state index contributed by atoms with van der Waals surface area (Å²) in [5.74, 6) is -2.58. The van der Waals surface area contributed by atoms with Gasteiger partial charge >= 0.3 is 0 Å². The number of aromatic amines is 1. The summed E-state index contributed by atoms with van der Waals surface area (Å²) in [6.07, 6.45) is 0. The van der Waals surface area contributed by atoms with Crippen LogP contribution in [0.1, 0.15) is 25.6 Å². The molecule has 1 aromatic carbocycles. The van der Waals surface area contributed by atoms with Crippen LogP contribution in [-0.2, 0) is 0 Å². The molecule has 0 amide bonds. The summed E-state index contributed by atoms with van der Waals surface area (Å²) in [4.78, 5) is 6.98. The summed E-state index contributed by atoms with van der Waals surface area (Å²) in [6, 6.07) is 2.73. The highest BCUT2D eigenvalue weighted by Gasteiger charge is 2.13. The van der Waals surface area contributed by atoms with E-state index in [1.165, 1.54) is 6.07 Å². The van der Waals surface area contributed by atoms with Crippen molar-refractivity contribution in [2.45, 2.75) is 19.8 Å². The highest BCUT2D eigenvalue weighted by Crippen LogP contribution is 2.24. The Morgan fingerprint density at radius 2 is 1.68 bits per heavy atom. The maximum Gasteiger partial charge on any atom is 0.161 e. The molecule has 0 spiro atoms. The maximum atomic E-state index is 13.7. The predicted octanol–water partition coefficient (Wildman–Crippen LogP) is 4.35. The Labute approximate surface area is 113 Å². The first kappa shape index (κ1) is 13.7. The quantitative estimate of drug-likeness (QED) is 0.656. The van der Waals surface area contributed by atoms with Crippen molar-refractivity contribution in [1.29, 1.82) is 0 Å². The molecule has 1 aromatic heterocycles. The zero-order valence-corrected chi connectivity index (χ0v) is 11.1. The number of aromatic nitrogens is 2. The molecule has 1 heterocycles. The minimum Gasteiger partial charge on any atom is -0.343 e. The number of nitrogens with zero attached hydrogens (tertiary/aromatic N) is 1. The molecule has 2 rings (SSSR count). The molecule has 100 valence electrons. The molecule has 19 heavy (non-hydrogen) atoms. The Kier molecular flexibility index (Phi) is 3.71. The minimum absolute atomic E-state index is 0.0509. The van der Waals surface area contributed by atoms with Crippen molar-refractivity contribution in [2.75, 3.05) is 0 Å². The summed E-state index contributed by atoms with van der Waals surface area (Å²) >= 11 is 4.99. The third-order valence-electron chi connectivity index (χ3n) is 2.61. The molecule has 0 bridgehead atoms. The molecular weight excluding hydrogens is 273 g/mol. The first-order chi connectivity index (χ1) is 8.88. The van der Waals surface area contributed by atoms with Crippen molar-refractivity contribution in [2.24, 2.45) is 0 Å². The SMILES string of the molecule is CC(C)c1nc(=S)cc(-c2cc(F)c(F)cc2F)[nH]1. The van der Waals surface area contributed by atoms with E-state index in [1.54, 1.807) is 0 Å². The number of hydrogen-bond donors (Lipinski definition) is 1. The van der Waals surface area contributed by atoms with Gasteiger partial charge in [0.15, 0.2) is 11.6 Å². The summed E-state index contributed by atoms with van der Waals surface area (Å²) < 4.78 is 40.1. The zero-order valence-electron chi connectivity index (χ0n) is 10.3. The van der Waals surface area contributed by atoms with Crippen LogP contribution < -0.4 is 0 Å². The summed E-state index contributed by atoms with van der Waals surface area (Å²) in [5.41, 5.74) is 0.203. The average molecular weight is 284 g/mol. The van der Waals surface area contributed by atoms with Crippen molar-refractivity contribution in [3.05, 3.63) is 46.1 Å². The van der Waals surface area contributed by atoms with E-state index in [9.17, 15) is 13.2 Å². The highest BCUT2D eigenvalue weighted by atomic mass is 32.1. The first-order valence-electron chi connectivity index (χ1n) is 5.64. The van der Waals surface area contributed by atoms with E-state index in [0.717, 1.165) is 6.07 Å². The van der Waals surface area contributed by atoms with Crippen LogP contribution in [-0.4, -0.2) is 9.97 Å². The molecule has 1 N–H and O–H groups in total. The number of hydrogen-bond acceptors (Lipinski definition) is 2. The maximum absolute atomic E-state index is 13.7. The number of nitrogens with one attached hydrogen (secondary N) is 1. The van der Waals surface area contributed by atoms with Crippen LogP contribution in [0, 0.1) is 22.1 Å². The average Bonchev–Trinajstić information content (AvgIpc) is 2.33. The molecular formula is C13H11F3N2S. The number of rotatable bonds is 2. The monoisotopic (exact) mass is 284 g/mol. The van der Waals surface area contributed by atoms with E-state index >= 15 is 0 Å². The van der Waals surface area contributed by atoms with Crippen LogP contribution in [0.15, 0.2) is 18.2 Å². The van der Waals surface area contributed by atoms with E-state index in [0.29, 0.717) is 11.9 Å². The molecule has 6 heteroatoms. The summed E-state index contributed by atoms with van der Waals surface area (Å²) in [5, 5.41) is 0. The lowest BCUT2D eigenvalue weighted by atomic mass is 10.1. The fraction of sp³-hybridized carbons (Fsp3) is 0.231. The van der Waals surface area contributed by atoms with Gasteiger partial charge in [0, 0.05) is 17.5 Å². The summed E-state index contributed by atoms with van der Waals surface area (Å²) in [7, 11) is 0. The van der Waals surface area contributed by atoms with Gasteiger partial charge in [-0.05, 0) is 12.1 Å². The van der Waals surface area contributed by atoms with Crippen LogP contribution in [0.3, 0.4) is 0 Å². The highest BCUT2D eigenvalue weighted by molar-refractivity contribution is 7.71. The molecule has 0 aliphatic rings. The smallest absolute Gasteiger partial charge is 0.161 e. The third-order valence-corrected chi connectivity index (χ3v) is 2.82. The van der Waals surface area contributed by atoms with Crippen LogP contribution >= 0.6 is 12.2 Å². The van der Waals surface area contributed by atoms with Gasteiger partial charge in [-0.15, -0.1) is 0 Å².